The molecule has 5 nitrogen and oxygen atoms in total. The first-order valence-electron chi connectivity index (χ1n) is 11.1. The number of allylic oxidation sites excluding steroid dienone is 1. The summed E-state index contributed by atoms with van der Waals surface area (Å²) in [6.07, 6.45) is 7.60. The number of hydrogen-bond donors (Lipinski definition) is 0. The number of benzene rings is 2. The Morgan fingerprint density at radius 1 is 1.12 bits per heavy atom. The summed E-state index contributed by atoms with van der Waals surface area (Å²) in [4.78, 5) is 0. The maximum Gasteiger partial charge on any atom is 0.350 e. The van der Waals surface area contributed by atoms with Gasteiger partial charge in [0.05, 0.1) is 32.0 Å². The summed E-state index contributed by atoms with van der Waals surface area (Å²) in [6.45, 7) is 7.44. The summed E-state index contributed by atoms with van der Waals surface area (Å²) in [5.74, 6) is 0.220. The van der Waals surface area contributed by atoms with Gasteiger partial charge in [-0.3, -0.25) is 0 Å². The average Bonchev–Trinajstić information content (AvgIpc) is 3.04. The standard InChI is InChI=1S/C27H32O5/c1-20(15-17-29-19-21-8-6-5-7-9-21)10-13-25-26(2,3)32-27(31-25)16-14-22-11-12-23(28-4)18-24(22)30-27/h5-9,11-12,14-16,18,25H,10,13,17,19H2,1-4H3. The Kier molecular flexibility index (Phi) is 6.70. The van der Waals surface area contributed by atoms with Crippen molar-refractivity contribution < 1.29 is 23.7 Å². The molecule has 0 aromatic heterocycles. The lowest BCUT2D eigenvalue weighted by molar-refractivity contribution is -0.270. The van der Waals surface area contributed by atoms with Crippen LogP contribution in [0.15, 0.2) is 66.3 Å². The normalized spacial score (nSPS) is 23.8. The van der Waals surface area contributed by atoms with E-state index in [9.17, 15) is 0 Å². The van der Waals surface area contributed by atoms with Crippen LogP contribution in [0, 0.1) is 0 Å². The van der Waals surface area contributed by atoms with Crippen LogP contribution >= 0.6 is 0 Å². The Bertz CT molecular complexity index is 979. The summed E-state index contributed by atoms with van der Waals surface area (Å²) >= 11 is 0. The highest BCUT2D eigenvalue weighted by atomic mass is 16.9. The molecule has 1 spiro atoms. The molecule has 4 rings (SSSR count). The number of hydrogen-bond acceptors (Lipinski definition) is 5. The number of ether oxygens (including phenoxy) is 5. The topological polar surface area (TPSA) is 46.2 Å². The van der Waals surface area contributed by atoms with Crippen molar-refractivity contribution in [1.29, 1.82) is 0 Å². The van der Waals surface area contributed by atoms with Gasteiger partial charge in [0, 0.05) is 17.7 Å². The highest BCUT2D eigenvalue weighted by Gasteiger charge is 2.53. The predicted molar refractivity (Wildman–Crippen MR) is 125 cm³/mol. The van der Waals surface area contributed by atoms with E-state index in [1.807, 2.05) is 62.4 Å². The summed E-state index contributed by atoms with van der Waals surface area (Å²) in [7, 11) is 1.64. The Morgan fingerprint density at radius 2 is 1.94 bits per heavy atom. The van der Waals surface area contributed by atoms with Crippen LogP contribution in [0.2, 0.25) is 0 Å². The molecule has 1 fully saturated rings. The molecular formula is C27H32O5. The van der Waals surface area contributed by atoms with E-state index in [0.29, 0.717) is 19.0 Å². The van der Waals surface area contributed by atoms with Crippen molar-refractivity contribution >= 4 is 6.08 Å². The van der Waals surface area contributed by atoms with Crippen LogP contribution in [0.5, 0.6) is 11.5 Å². The van der Waals surface area contributed by atoms with E-state index in [0.717, 1.165) is 24.2 Å². The maximum absolute atomic E-state index is 6.34. The molecule has 2 aliphatic rings. The zero-order valence-corrected chi connectivity index (χ0v) is 19.3. The maximum atomic E-state index is 6.34. The van der Waals surface area contributed by atoms with Gasteiger partial charge in [0.1, 0.15) is 11.5 Å². The molecule has 170 valence electrons. The van der Waals surface area contributed by atoms with Crippen LogP contribution in [-0.2, 0) is 20.8 Å². The van der Waals surface area contributed by atoms with E-state index in [1.54, 1.807) is 7.11 Å². The first kappa shape index (κ1) is 22.6. The molecule has 0 N–H and O–H groups in total. The van der Waals surface area contributed by atoms with Gasteiger partial charge in [-0.05, 0) is 57.4 Å². The first-order valence-corrected chi connectivity index (χ1v) is 11.1. The lowest BCUT2D eigenvalue weighted by Gasteiger charge is -2.30. The molecule has 2 atom stereocenters. The van der Waals surface area contributed by atoms with E-state index < -0.39 is 11.6 Å². The third-order valence-electron chi connectivity index (χ3n) is 5.89. The van der Waals surface area contributed by atoms with E-state index in [4.69, 9.17) is 23.7 Å². The average molecular weight is 437 g/mol. The molecule has 0 amide bonds. The van der Waals surface area contributed by atoms with Crippen molar-refractivity contribution in [2.24, 2.45) is 0 Å². The summed E-state index contributed by atoms with van der Waals surface area (Å²) < 4.78 is 29.9. The van der Waals surface area contributed by atoms with Gasteiger partial charge in [-0.25, -0.2) is 0 Å². The van der Waals surface area contributed by atoms with Crippen molar-refractivity contribution in [2.45, 2.75) is 57.9 Å². The second-order valence-electron chi connectivity index (χ2n) is 8.84. The van der Waals surface area contributed by atoms with Gasteiger partial charge >= 0.3 is 5.97 Å². The van der Waals surface area contributed by atoms with Gasteiger partial charge in [0.2, 0.25) is 0 Å². The lowest BCUT2D eigenvalue weighted by Crippen LogP contribution is -2.38. The molecule has 2 heterocycles. The molecule has 32 heavy (non-hydrogen) atoms. The Morgan fingerprint density at radius 3 is 2.72 bits per heavy atom. The molecule has 1 saturated heterocycles. The van der Waals surface area contributed by atoms with Crippen molar-refractivity contribution in [3.63, 3.8) is 0 Å². The van der Waals surface area contributed by atoms with Gasteiger partial charge in [0.15, 0.2) is 0 Å². The minimum Gasteiger partial charge on any atom is -0.497 e. The number of rotatable bonds is 8. The summed E-state index contributed by atoms with van der Waals surface area (Å²) in [5.41, 5.74) is 2.94. The molecule has 0 radical (unpaired) electrons. The van der Waals surface area contributed by atoms with Crippen molar-refractivity contribution in [3.05, 3.63) is 77.4 Å². The van der Waals surface area contributed by atoms with Gasteiger partial charge in [-0.15, -0.1) is 0 Å². The van der Waals surface area contributed by atoms with Crippen LogP contribution in [-0.4, -0.2) is 31.4 Å². The first-order chi connectivity index (χ1) is 15.4. The van der Waals surface area contributed by atoms with E-state index in [-0.39, 0.29) is 6.10 Å². The summed E-state index contributed by atoms with van der Waals surface area (Å²) in [6, 6.07) is 15.9. The largest absolute Gasteiger partial charge is 0.497 e. The minimum atomic E-state index is -1.20. The van der Waals surface area contributed by atoms with Crippen LogP contribution in [0.3, 0.4) is 0 Å². The highest BCUT2D eigenvalue weighted by Crippen LogP contribution is 2.44. The third-order valence-corrected chi connectivity index (χ3v) is 5.89. The van der Waals surface area contributed by atoms with Crippen LogP contribution in [0.25, 0.3) is 6.08 Å². The van der Waals surface area contributed by atoms with Crippen molar-refractivity contribution in [2.75, 3.05) is 13.7 Å². The molecule has 5 heteroatoms. The van der Waals surface area contributed by atoms with Crippen LogP contribution < -0.4 is 9.47 Å². The monoisotopic (exact) mass is 436 g/mol. The molecule has 0 saturated carbocycles. The predicted octanol–water partition coefficient (Wildman–Crippen LogP) is 5.89. The zero-order valence-electron chi connectivity index (χ0n) is 19.3. The third kappa shape index (κ3) is 5.23. The Balaban J connectivity index is 1.31. The second-order valence-corrected chi connectivity index (χ2v) is 8.84. The highest BCUT2D eigenvalue weighted by molar-refractivity contribution is 5.62. The fraction of sp³-hybridized carbons (Fsp3) is 0.407. The number of methoxy groups -OCH3 is 1. The number of fused-ring (bicyclic) bond motifs is 1. The SMILES string of the molecule is COc1ccc2c(c1)OC1(C=C2)OC(CCC(C)=CCOCc2ccccc2)C(C)(C)O1. The van der Waals surface area contributed by atoms with Crippen molar-refractivity contribution in [1.82, 2.24) is 0 Å². The Hall–Kier alpha value is -2.60. The fourth-order valence-electron chi connectivity index (χ4n) is 3.98. The van der Waals surface area contributed by atoms with Crippen LogP contribution in [0.1, 0.15) is 44.7 Å². The fourth-order valence-corrected chi connectivity index (χ4v) is 3.98. The second kappa shape index (κ2) is 9.49. The quantitative estimate of drug-likeness (QED) is 0.381. The van der Waals surface area contributed by atoms with Crippen molar-refractivity contribution in [3.8, 4) is 11.5 Å². The molecule has 2 aromatic carbocycles. The molecule has 0 bridgehead atoms. The molecular weight excluding hydrogens is 404 g/mol. The molecule has 2 aliphatic heterocycles. The van der Waals surface area contributed by atoms with Gasteiger partial charge in [-0.2, -0.15) is 0 Å². The zero-order chi connectivity index (χ0) is 22.6. The Labute approximate surface area is 190 Å². The lowest BCUT2D eigenvalue weighted by atomic mass is 9.96. The minimum absolute atomic E-state index is 0.104. The van der Waals surface area contributed by atoms with Gasteiger partial charge in [0.25, 0.3) is 0 Å². The van der Waals surface area contributed by atoms with Gasteiger partial charge < -0.3 is 23.7 Å². The molecule has 2 unspecified atom stereocenters. The van der Waals surface area contributed by atoms with E-state index in [2.05, 4.69) is 25.1 Å². The van der Waals surface area contributed by atoms with E-state index in [1.165, 1.54) is 11.1 Å². The smallest absolute Gasteiger partial charge is 0.350 e. The van der Waals surface area contributed by atoms with Gasteiger partial charge in [-0.1, -0.05) is 42.0 Å². The molecule has 0 aliphatic carbocycles. The van der Waals surface area contributed by atoms with E-state index >= 15 is 0 Å². The van der Waals surface area contributed by atoms with Crippen LogP contribution in [0.4, 0.5) is 0 Å². The molecule has 2 aromatic rings. The summed E-state index contributed by atoms with van der Waals surface area (Å²) in [5, 5.41) is 0.